The standard InChI is InChI=1S/C22H29NO5/c24-20(19-6-2-1-3-7-19)18-23-10-12-25-14-16-27-21-8-4-5-9-22(21)28-17-15-26-13-11-23/h1-9,20,24H,10-18H2/t20-/m1/s1. The molecule has 0 fully saturated rings. The molecule has 28 heavy (non-hydrogen) atoms. The molecule has 6 heteroatoms. The van der Waals surface area contributed by atoms with Gasteiger partial charge in [-0.3, -0.25) is 4.90 Å². The first-order valence-corrected chi connectivity index (χ1v) is 9.78. The molecular formula is C22H29NO5. The number of aliphatic hydroxyl groups excluding tert-OH is 1. The van der Waals surface area contributed by atoms with E-state index in [4.69, 9.17) is 18.9 Å². The molecule has 2 aromatic carbocycles. The predicted molar refractivity (Wildman–Crippen MR) is 107 cm³/mol. The summed E-state index contributed by atoms with van der Waals surface area (Å²) in [5, 5.41) is 10.5. The second-order valence-corrected chi connectivity index (χ2v) is 6.60. The number of rotatable bonds is 3. The monoisotopic (exact) mass is 387 g/mol. The molecule has 1 atom stereocenters. The van der Waals surface area contributed by atoms with Crippen LogP contribution in [0.15, 0.2) is 54.6 Å². The van der Waals surface area contributed by atoms with E-state index < -0.39 is 6.10 Å². The molecule has 1 heterocycles. The molecule has 0 radical (unpaired) electrons. The van der Waals surface area contributed by atoms with Crippen LogP contribution in [0.1, 0.15) is 11.7 Å². The topological polar surface area (TPSA) is 60.4 Å². The molecule has 6 nitrogen and oxygen atoms in total. The average molecular weight is 387 g/mol. The summed E-state index contributed by atoms with van der Waals surface area (Å²) in [5.74, 6) is 1.43. The zero-order valence-electron chi connectivity index (χ0n) is 16.2. The smallest absolute Gasteiger partial charge is 0.161 e. The van der Waals surface area contributed by atoms with Crippen LogP contribution < -0.4 is 9.47 Å². The van der Waals surface area contributed by atoms with E-state index in [1.165, 1.54) is 0 Å². The highest BCUT2D eigenvalue weighted by Gasteiger charge is 2.14. The second-order valence-electron chi connectivity index (χ2n) is 6.60. The van der Waals surface area contributed by atoms with Crippen molar-refractivity contribution in [2.24, 2.45) is 0 Å². The number of fused-ring (bicyclic) bond motifs is 1. The Balaban J connectivity index is 1.52. The van der Waals surface area contributed by atoms with Crippen molar-refractivity contribution in [1.82, 2.24) is 4.90 Å². The number of hydrogen-bond acceptors (Lipinski definition) is 6. The van der Waals surface area contributed by atoms with Crippen molar-refractivity contribution in [3.05, 3.63) is 60.2 Å². The van der Waals surface area contributed by atoms with Gasteiger partial charge in [0.1, 0.15) is 13.2 Å². The maximum absolute atomic E-state index is 10.5. The molecule has 0 aromatic heterocycles. The number of para-hydroxylation sites is 2. The SMILES string of the molecule is O[C@H](CN1CCOCCOc2ccccc2OCCOCC1)c1ccccc1. The lowest BCUT2D eigenvalue weighted by Gasteiger charge is -2.25. The van der Waals surface area contributed by atoms with E-state index >= 15 is 0 Å². The molecule has 3 rings (SSSR count). The van der Waals surface area contributed by atoms with Gasteiger partial charge >= 0.3 is 0 Å². The van der Waals surface area contributed by atoms with Gasteiger partial charge in [-0.2, -0.15) is 0 Å². The molecule has 1 N–H and O–H groups in total. The van der Waals surface area contributed by atoms with E-state index in [0.717, 1.165) is 18.7 Å². The number of nitrogens with zero attached hydrogens (tertiary/aromatic N) is 1. The van der Waals surface area contributed by atoms with E-state index in [1.807, 2.05) is 54.6 Å². The maximum Gasteiger partial charge on any atom is 0.161 e. The van der Waals surface area contributed by atoms with E-state index in [-0.39, 0.29) is 0 Å². The quantitative estimate of drug-likeness (QED) is 0.873. The number of benzene rings is 2. The van der Waals surface area contributed by atoms with Crippen molar-refractivity contribution < 1.29 is 24.1 Å². The van der Waals surface area contributed by atoms with Crippen LogP contribution in [0.2, 0.25) is 0 Å². The van der Waals surface area contributed by atoms with Gasteiger partial charge in [0.25, 0.3) is 0 Å². The Hall–Kier alpha value is -2.12. The fraction of sp³-hybridized carbons (Fsp3) is 0.455. The number of β-amino-alcohol motifs (C(OH)–C–C–N with tert-alkyl or cyclic N) is 1. The van der Waals surface area contributed by atoms with Crippen molar-refractivity contribution in [3.8, 4) is 11.5 Å². The molecule has 1 aliphatic heterocycles. The fourth-order valence-corrected chi connectivity index (χ4v) is 3.02. The minimum atomic E-state index is -0.538. The van der Waals surface area contributed by atoms with Crippen LogP contribution in [0.4, 0.5) is 0 Å². The summed E-state index contributed by atoms with van der Waals surface area (Å²) < 4.78 is 23.0. The van der Waals surface area contributed by atoms with E-state index in [9.17, 15) is 5.11 Å². The third kappa shape index (κ3) is 6.80. The Morgan fingerprint density at radius 2 is 1.25 bits per heavy atom. The lowest BCUT2D eigenvalue weighted by molar-refractivity contribution is 0.0394. The van der Waals surface area contributed by atoms with Gasteiger partial charge in [-0.15, -0.1) is 0 Å². The molecule has 0 aliphatic carbocycles. The Kier molecular flexibility index (Phi) is 8.58. The molecule has 2 aromatic rings. The number of ether oxygens (including phenoxy) is 4. The van der Waals surface area contributed by atoms with Crippen molar-refractivity contribution in [1.29, 1.82) is 0 Å². The van der Waals surface area contributed by atoms with Crippen LogP contribution in [-0.4, -0.2) is 69.3 Å². The highest BCUT2D eigenvalue weighted by Crippen LogP contribution is 2.26. The van der Waals surface area contributed by atoms with Gasteiger partial charge in [0.15, 0.2) is 11.5 Å². The highest BCUT2D eigenvalue weighted by molar-refractivity contribution is 5.39. The van der Waals surface area contributed by atoms with Crippen LogP contribution in [0.25, 0.3) is 0 Å². The van der Waals surface area contributed by atoms with Crippen molar-refractivity contribution in [2.75, 3.05) is 59.3 Å². The third-order valence-corrected chi connectivity index (χ3v) is 4.54. The summed E-state index contributed by atoms with van der Waals surface area (Å²) in [7, 11) is 0. The Morgan fingerprint density at radius 3 is 1.82 bits per heavy atom. The normalized spacial score (nSPS) is 18.6. The van der Waals surface area contributed by atoms with Crippen molar-refractivity contribution >= 4 is 0 Å². The number of hydrogen-bond donors (Lipinski definition) is 1. The summed E-state index contributed by atoms with van der Waals surface area (Å²) in [6.07, 6.45) is -0.538. The maximum atomic E-state index is 10.5. The molecular weight excluding hydrogens is 358 g/mol. The zero-order valence-corrected chi connectivity index (χ0v) is 16.2. The minimum absolute atomic E-state index is 0.462. The first-order valence-electron chi connectivity index (χ1n) is 9.78. The van der Waals surface area contributed by atoms with Crippen LogP contribution in [0.5, 0.6) is 11.5 Å². The molecule has 0 unspecified atom stereocenters. The molecule has 0 amide bonds. The van der Waals surface area contributed by atoms with Crippen molar-refractivity contribution in [3.63, 3.8) is 0 Å². The molecule has 0 spiro atoms. The van der Waals surface area contributed by atoms with Crippen LogP contribution >= 0.6 is 0 Å². The predicted octanol–water partition coefficient (Wildman–Crippen LogP) is 2.53. The summed E-state index contributed by atoms with van der Waals surface area (Å²) in [5.41, 5.74) is 0.916. The van der Waals surface area contributed by atoms with E-state index in [0.29, 0.717) is 57.7 Å². The second kappa shape index (κ2) is 11.7. The lowest BCUT2D eigenvalue weighted by atomic mass is 10.1. The van der Waals surface area contributed by atoms with Gasteiger partial charge < -0.3 is 24.1 Å². The number of aliphatic hydroxyl groups is 1. The third-order valence-electron chi connectivity index (χ3n) is 4.54. The minimum Gasteiger partial charge on any atom is -0.487 e. The summed E-state index contributed by atoms with van der Waals surface area (Å²) in [4.78, 5) is 2.16. The molecule has 0 saturated heterocycles. The molecule has 0 bridgehead atoms. The van der Waals surface area contributed by atoms with Gasteiger partial charge in [-0.1, -0.05) is 42.5 Å². The first kappa shape index (κ1) is 20.6. The average Bonchev–Trinajstić information content (AvgIpc) is 2.74. The van der Waals surface area contributed by atoms with Crippen LogP contribution in [-0.2, 0) is 9.47 Å². The van der Waals surface area contributed by atoms with Gasteiger partial charge in [0.05, 0.1) is 32.5 Å². The van der Waals surface area contributed by atoms with E-state index in [2.05, 4.69) is 4.90 Å². The Morgan fingerprint density at radius 1 is 0.714 bits per heavy atom. The molecule has 152 valence electrons. The van der Waals surface area contributed by atoms with Gasteiger partial charge in [-0.25, -0.2) is 0 Å². The van der Waals surface area contributed by atoms with E-state index in [1.54, 1.807) is 0 Å². The van der Waals surface area contributed by atoms with Gasteiger partial charge in [0.2, 0.25) is 0 Å². The Labute approximate surface area is 166 Å². The molecule has 1 aliphatic rings. The van der Waals surface area contributed by atoms with Crippen molar-refractivity contribution in [2.45, 2.75) is 6.10 Å². The van der Waals surface area contributed by atoms with Crippen LogP contribution in [0, 0.1) is 0 Å². The fourth-order valence-electron chi connectivity index (χ4n) is 3.02. The first-order chi connectivity index (χ1) is 13.8. The summed E-state index contributed by atoms with van der Waals surface area (Å²) in [6, 6.07) is 17.3. The molecule has 0 saturated carbocycles. The zero-order chi connectivity index (χ0) is 19.4. The highest BCUT2D eigenvalue weighted by atomic mass is 16.6. The van der Waals surface area contributed by atoms with Gasteiger partial charge in [0, 0.05) is 19.6 Å². The summed E-state index contributed by atoms with van der Waals surface area (Å²) >= 11 is 0. The Bertz CT molecular complexity index is 647. The lowest BCUT2D eigenvalue weighted by Crippen LogP contribution is -2.35. The largest absolute Gasteiger partial charge is 0.487 e. The summed E-state index contributed by atoms with van der Waals surface area (Å²) in [6.45, 7) is 5.05. The van der Waals surface area contributed by atoms with Gasteiger partial charge in [-0.05, 0) is 17.7 Å². The van der Waals surface area contributed by atoms with Crippen LogP contribution in [0.3, 0.4) is 0 Å².